The number of methoxy groups -OCH3 is 1. The SMILES string of the molecule is COc1cccc(CC(=O)OCC(=O)Nc2cc(C(F)(F)F)ccc2Cl)c1. The molecule has 9 heteroatoms. The Labute approximate surface area is 158 Å². The summed E-state index contributed by atoms with van der Waals surface area (Å²) in [4.78, 5) is 23.6. The normalized spacial score (nSPS) is 11.0. The molecule has 0 radical (unpaired) electrons. The number of nitrogens with one attached hydrogen (secondary N) is 1. The van der Waals surface area contributed by atoms with Crippen LogP contribution in [-0.4, -0.2) is 25.6 Å². The number of anilines is 1. The third-order valence-electron chi connectivity index (χ3n) is 3.41. The molecule has 0 aliphatic carbocycles. The van der Waals surface area contributed by atoms with Gasteiger partial charge in [-0.3, -0.25) is 9.59 Å². The summed E-state index contributed by atoms with van der Waals surface area (Å²) in [5.41, 5.74) is -0.557. The third kappa shape index (κ3) is 6.18. The van der Waals surface area contributed by atoms with Gasteiger partial charge < -0.3 is 14.8 Å². The van der Waals surface area contributed by atoms with E-state index in [9.17, 15) is 22.8 Å². The van der Waals surface area contributed by atoms with Gasteiger partial charge in [-0.1, -0.05) is 23.7 Å². The maximum absolute atomic E-state index is 12.7. The Morgan fingerprint density at radius 2 is 1.89 bits per heavy atom. The Morgan fingerprint density at radius 3 is 2.56 bits per heavy atom. The Hall–Kier alpha value is -2.74. The van der Waals surface area contributed by atoms with E-state index in [0.717, 1.165) is 12.1 Å². The maximum Gasteiger partial charge on any atom is 0.416 e. The zero-order chi connectivity index (χ0) is 20.0. The number of carbonyl (C=O) groups is 2. The Bertz CT molecular complexity index is 840. The van der Waals surface area contributed by atoms with E-state index in [1.165, 1.54) is 7.11 Å². The number of esters is 1. The first kappa shape index (κ1) is 20.6. The summed E-state index contributed by atoms with van der Waals surface area (Å²) in [6, 6.07) is 9.26. The van der Waals surface area contributed by atoms with Gasteiger partial charge in [-0.2, -0.15) is 13.2 Å². The van der Waals surface area contributed by atoms with Gasteiger partial charge in [0.1, 0.15) is 5.75 Å². The van der Waals surface area contributed by atoms with Gasteiger partial charge in [-0.25, -0.2) is 0 Å². The smallest absolute Gasteiger partial charge is 0.416 e. The van der Waals surface area contributed by atoms with E-state index in [0.29, 0.717) is 17.4 Å². The average Bonchev–Trinajstić information content (AvgIpc) is 2.61. The molecule has 0 heterocycles. The summed E-state index contributed by atoms with van der Waals surface area (Å²) in [5.74, 6) is -0.916. The Balaban J connectivity index is 1.91. The molecular weight excluding hydrogens is 387 g/mol. The molecule has 5 nitrogen and oxygen atoms in total. The summed E-state index contributed by atoms with van der Waals surface area (Å²) < 4.78 is 48.0. The molecule has 0 aliphatic heterocycles. The molecular formula is C18H15ClF3NO4. The van der Waals surface area contributed by atoms with Gasteiger partial charge in [-0.05, 0) is 35.9 Å². The topological polar surface area (TPSA) is 64.6 Å². The molecule has 0 unspecified atom stereocenters. The van der Waals surface area contributed by atoms with E-state index in [-0.39, 0.29) is 17.1 Å². The lowest BCUT2D eigenvalue weighted by molar-refractivity contribution is -0.146. The van der Waals surface area contributed by atoms with Crippen molar-refractivity contribution in [2.24, 2.45) is 0 Å². The fourth-order valence-corrected chi connectivity index (χ4v) is 2.29. The molecule has 0 aromatic heterocycles. The second kappa shape index (κ2) is 8.77. The highest BCUT2D eigenvalue weighted by Gasteiger charge is 2.31. The zero-order valence-electron chi connectivity index (χ0n) is 14.1. The fourth-order valence-electron chi connectivity index (χ4n) is 2.13. The first-order valence-corrected chi connectivity index (χ1v) is 8.02. The fraction of sp³-hybridized carbons (Fsp3) is 0.222. The first-order valence-electron chi connectivity index (χ1n) is 7.64. The summed E-state index contributed by atoms with van der Waals surface area (Å²) in [6.45, 7) is -0.657. The van der Waals surface area contributed by atoms with Crippen LogP contribution in [-0.2, 0) is 26.9 Å². The molecule has 0 saturated heterocycles. The minimum absolute atomic E-state index is 0.0703. The number of halogens is 4. The lowest BCUT2D eigenvalue weighted by atomic mass is 10.1. The van der Waals surface area contributed by atoms with Crippen molar-refractivity contribution in [2.75, 3.05) is 19.0 Å². The molecule has 0 spiro atoms. The average molecular weight is 402 g/mol. The van der Waals surface area contributed by atoms with Gasteiger partial charge in [0.2, 0.25) is 0 Å². The molecule has 0 bridgehead atoms. The van der Waals surface area contributed by atoms with Crippen molar-refractivity contribution in [3.05, 3.63) is 58.6 Å². The minimum atomic E-state index is -4.58. The quantitative estimate of drug-likeness (QED) is 0.740. The van der Waals surface area contributed by atoms with Crippen LogP contribution in [0.1, 0.15) is 11.1 Å². The number of hydrogen-bond donors (Lipinski definition) is 1. The van der Waals surface area contributed by atoms with Gasteiger partial charge >= 0.3 is 12.1 Å². The number of amides is 1. The summed E-state index contributed by atoms with van der Waals surface area (Å²) in [5, 5.41) is 2.12. The molecule has 2 rings (SSSR count). The molecule has 0 saturated carbocycles. The second-order valence-electron chi connectivity index (χ2n) is 5.43. The number of ether oxygens (including phenoxy) is 2. The van der Waals surface area contributed by atoms with E-state index in [2.05, 4.69) is 5.32 Å². The van der Waals surface area contributed by atoms with Crippen molar-refractivity contribution in [1.82, 2.24) is 0 Å². The van der Waals surface area contributed by atoms with Crippen molar-refractivity contribution in [3.8, 4) is 5.75 Å². The molecule has 2 aromatic carbocycles. The van der Waals surface area contributed by atoms with Crippen molar-refractivity contribution in [2.45, 2.75) is 12.6 Å². The van der Waals surface area contributed by atoms with Crippen molar-refractivity contribution in [1.29, 1.82) is 0 Å². The minimum Gasteiger partial charge on any atom is -0.497 e. The molecule has 0 atom stereocenters. The molecule has 27 heavy (non-hydrogen) atoms. The van der Waals surface area contributed by atoms with E-state index in [4.69, 9.17) is 21.1 Å². The van der Waals surface area contributed by atoms with Gasteiger partial charge in [-0.15, -0.1) is 0 Å². The largest absolute Gasteiger partial charge is 0.497 e. The van der Waals surface area contributed by atoms with Crippen molar-refractivity contribution >= 4 is 29.2 Å². The molecule has 0 fully saturated rings. The molecule has 2 aromatic rings. The maximum atomic E-state index is 12.7. The van der Waals surface area contributed by atoms with Crippen LogP contribution in [0.5, 0.6) is 5.75 Å². The number of benzene rings is 2. The van der Waals surface area contributed by atoms with Gasteiger partial charge in [0.25, 0.3) is 5.91 Å². The lowest BCUT2D eigenvalue weighted by Gasteiger charge is -2.12. The van der Waals surface area contributed by atoms with Crippen LogP contribution in [0.3, 0.4) is 0 Å². The Kier molecular flexibility index (Phi) is 6.68. The van der Waals surface area contributed by atoms with E-state index in [1.807, 2.05) is 0 Å². The number of alkyl halides is 3. The van der Waals surface area contributed by atoms with Gasteiger partial charge in [0, 0.05) is 0 Å². The summed E-state index contributed by atoms with van der Waals surface area (Å²) in [6.07, 6.45) is -4.66. The van der Waals surface area contributed by atoms with Crippen molar-refractivity contribution in [3.63, 3.8) is 0 Å². The van der Waals surface area contributed by atoms with Crippen LogP contribution in [0.2, 0.25) is 5.02 Å². The molecule has 144 valence electrons. The number of rotatable bonds is 6. The third-order valence-corrected chi connectivity index (χ3v) is 3.74. The molecule has 1 amide bonds. The highest BCUT2D eigenvalue weighted by atomic mass is 35.5. The van der Waals surface area contributed by atoms with Gasteiger partial charge in [0.15, 0.2) is 6.61 Å². The van der Waals surface area contributed by atoms with Crippen LogP contribution < -0.4 is 10.1 Å². The number of hydrogen-bond acceptors (Lipinski definition) is 4. The lowest BCUT2D eigenvalue weighted by Crippen LogP contribution is -2.22. The van der Waals surface area contributed by atoms with Crippen LogP contribution in [0.4, 0.5) is 18.9 Å². The number of carbonyl (C=O) groups excluding carboxylic acids is 2. The van der Waals surface area contributed by atoms with Crippen LogP contribution in [0.25, 0.3) is 0 Å². The first-order chi connectivity index (χ1) is 12.7. The van der Waals surface area contributed by atoms with Crippen LogP contribution in [0.15, 0.2) is 42.5 Å². The summed E-state index contributed by atoms with van der Waals surface area (Å²) >= 11 is 5.79. The van der Waals surface area contributed by atoms with Crippen LogP contribution >= 0.6 is 11.6 Å². The Morgan fingerprint density at radius 1 is 1.15 bits per heavy atom. The molecule has 1 N–H and O–H groups in total. The highest BCUT2D eigenvalue weighted by molar-refractivity contribution is 6.33. The predicted octanol–water partition coefficient (Wildman–Crippen LogP) is 4.09. The summed E-state index contributed by atoms with van der Waals surface area (Å²) in [7, 11) is 1.49. The predicted molar refractivity (Wildman–Crippen MR) is 92.7 cm³/mol. The van der Waals surface area contributed by atoms with Crippen LogP contribution in [0, 0.1) is 0 Å². The molecule has 0 aliphatic rings. The standard InChI is InChI=1S/C18H15ClF3NO4/c1-26-13-4-2-3-11(7-13)8-17(25)27-10-16(24)23-15-9-12(18(20,21)22)5-6-14(15)19/h2-7,9H,8,10H2,1H3,(H,23,24). The highest BCUT2D eigenvalue weighted by Crippen LogP contribution is 2.33. The monoisotopic (exact) mass is 401 g/mol. The zero-order valence-corrected chi connectivity index (χ0v) is 14.9. The van der Waals surface area contributed by atoms with E-state index in [1.54, 1.807) is 24.3 Å². The van der Waals surface area contributed by atoms with Crippen molar-refractivity contribution < 1.29 is 32.2 Å². The van der Waals surface area contributed by atoms with Gasteiger partial charge in [0.05, 0.1) is 29.8 Å². The van der Waals surface area contributed by atoms with E-state index < -0.39 is 30.2 Å². The van der Waals surface area contributed by atoms with E-state index >= 15 is 0 Å². The second-order valence-corrected chi connectivity index (χ2v) is 5.84.